The number of sulfone groups is 1. The van der Waals surface area contributed by atoms with E-state index in [9.17, 15) is 13.2 Å². The highest BCUT2D eigenvalue weighted by molar-refractivity contribution is 7.91. The maximum absolute atomic E-state index is 12.0. The first-order valence-corrected chi connectivity index (χ1v) is 9.30. The molecule has 3 aliphatic rings. The van der Waals surface area contributed by atoms with Crippen LogP contribution in [-0.4, -0.2) is 68.5 Å². The van der Waals surface area contributed by atoms with Gasteiger partial charge in [0.15, 0.2) is 9.84 Å². The molecule has 0 aromatic rings. The number of nitrogens with zero attached hydrogens (tertiary/aromatic N) is 1. The lowest BCUT2D eigenvalue weighted by molar-refractivity contribution is -0.122. The van der Waals surface area contributed by atoms with E-state index in [1.807, 2.05) is 0 Å². The van der Waals surface area contributed by atoms with Crippen LogP contribution in [0.3, 0.4) is 0 Å². The minimum atomic E-state index is -2.93. The molecule has 3 saturated heterocycles. The quantitative estimate of drug-likeness (QED) is 0.707. The van der Waals surface area contributed by atoms with Crippen molar-refractivity contribution in [1.29, 1.82) is 0 Å². The predicted octanol–water partition coefficient (Wildman–Crippen LogP) is -0.884. The second kappa shape index (κ2) is 5.61. The topological polar surface area (TPSA) is 78.5 Å². The molecule has 2 N–H and O–H groups in total. The molecule has 0 aromatic carbocycles. The third-order valence-electron chi connectivity index (χ3n) is 4.57. The highest BCUT2D eigenvalue weighted by Crippen LogP contribution is 2.20. The Hall–Kier alpha value is -0.660. The molecule has 3 heterocycles. The minimum absolute atomic E-state index is 0.0372. The largest absolute Gasteiger partial charge is 0.351 e. The van der Waals surface area contributed by atoms with Crippen LogP contribution in [-0.2, 0) is 14.6 Å². The summed E-state index contributed by atoms with van der Waals surface area (Å²) in [6.07, 6.45) is 4.11. The van der Waals surface area contributed by atoms with E-state index in [0.29, 0.717) is 25.0 Å². The number of fused-ring (bicyclic) bond motifs is 2. The van der Waals surface area contributed by atoms with Gasteiger partial charge >= 0.3 is 0 Å². The molecule has 0 aliphatic carbocycles. The van der Waals surface area contributed by atoms with Crippen LogP contribution in [0.25, 0.3) is 0 Å². The standard InChI is InChI=1S/C13H23N3O3S/c17-13(15-12-4-6-20(18,19)9-12)8-16-5-3-10-1-2-11(7-16)14-10/h10-12,14H,1-9H2,(H,15,17). The van der Waals surface area contributed by atoms with Gasteiger partial charge in [-0.2, -0.15) is 0 Å². The fourth-order valence-corrected chi connectivity index (χ4v) is 5.22. The highest BCUT2D eigenvalue weighted by atomic mass is 32.2. The minimum Gasteiger partial charge on any atom is -0.351 e. The molecule has 3 fully saturated rings. The molecule has 0 aromatic heterocycles. The van der Waals surface area contributed by atoms with Crippen LogP contribution in [0.4, 0.5) is 0 Å². The van der Waals surface area contributed by atoms with Gasteiger partial charge in [-0.25, -0.2) is 8.42 Å². The van der Waals surface area contributed by atoms with Gasteiger partial charge in [0, 0.05) is 31.2 Å². The van der Waals surface area contributed by atoms with Crippen LogP contribution < -0.4 is 10.6 Å². The fraction of sp³-hybridized carbons (Fsp3) is 0.923. The summed E-state index contributed by atoms with van der Waals surface area (Å²) in [6.45, 7) is 2.26. The maximum atomic E-state index is 12.0. The summed E-state index contributed by atoms with van der Waals surface area (Å²) < 4.78 is 22.7. The number of nitrogens with one attached hydrogen (secondary N) is 2. The van der Waals surface area contributed by atoms with E-state index < -0.39 is 9.84 Å². The van der Waals surface area contributed by atoms with E-state index in [2.05, 4.69) is 15.5 Å². The first-order valence-electron chi connectivity index (χ1n) is 7.48. The number of likely N-dealkylation sites (tertiary alicyclic amines) is 1. The first-order chi connectivity index (χ1) is 9.50. The third-order valence-corrected chi connectivity index (χ3v) is 6.34. The van der Waals surface area contributed by atoms with Crippen molar-refractivity contribution in [3.8, 4) is 0 Å². The van der Waals surface area contributed by atoms with Gasteiger partial charge < -0.3 is 10.6 Å². The van der Waals surface area contributed by atoms with Gasteiger partial charge in [-0.15, -0.1) is 0 Å². The van der Waals surface area contributed by atoms with Crippen molar-refractivity contribution < 1.29 is 13.2 Å². The zero-order valence-corrected chi connectivity index (χ0v) is 12.5. The summed E-state index contributed by atoms with van der Waals surface area (Å²) in [5.41, 5.74) is 0. The zero-order chi connectivity index (χ0) is 14.2. The van der Waals surface area contributed by atoms with Crippen LogP contribution >= 0.6 is 0 Å². The Morgan fingerprint density at radius 2 is 2.00 bits per heavy atom. The van der Waals surface area contributed by atoms with E-state index in [1.54, 1.807) is 0 Å². The van der Waals surface area contributed by atoms with E-state index >= 15 is 0 Å². The number of amides is 1. The van der Waals surface area contributed by atoms with Crippen molar-refractivity contribution in [2.75, 3.05) is 31.1 Å². The number of hydrogen-bond acceptors (Lipinski definition) is 5. The number of rotatable bonds is 3. The molecule has 7 heteroatoms. The van der Waals surface area contributed by atoms with Crippen LogP contribution in [0.15, 0.2) is 0 Å². The van der Waals surface area contributed by atoms with Crippen LogP contribution in [0.5, 0.6) is 0 Å². The summed E-state index contributed by atoms with van der Waals surface area (Å²) in [7, 11) is -2.93. The average Bonchev–Trinajstić information content (AvgIpc) is 2.85. The monoisotopic (exact) mass is 301 g/mol. The molecule has 2 bridgehead atoms. The third kappa shape index (κ3) is 3.51. The van der Waals surface area contributed by atoms with Crippen LogP contribution in [0.1, 0.15) is 25.7 Å². The lowest BCUT2D eigenvalue weighted by Crippen LogP contribution is -2.45. The summed E-state index contributed by atoms with van der Waals surface area (Å²) in [5.74, 6) is 0.269. The van der Waals surface area contributed by atoms with Gasteiger partial charge in [0.25, 0.3) is 0 Å². The normalized spacial score (nSPS) is 36.7. The molecule has 3 unspecified atom stereocenters. The molecule has 0 saturated carbocycles. The van der Waals surface area contributed by atoms with E-state index in [0.717, 1.165) is 19.5 Å². The Balaban J connectivity index is 1.47. The van der Waals surface area contributed by atoms with Gasteiger partial charge in [-0.05, 0) is 25.7 Å². The Morgan fingerprint density at radius 1 is 1.20 bits per heavy atom. The van der Waals surface area contributed by atoms with E-state index in [4.69, 9.17) is 0 Å². The molecule has 3 atom stereocenters. The molecule has 6 nitrogen and oxygen atoms in total. The Kier molecular flexibility index (Phi) is 4.01. The molecule has 20 heavy (non-hydrogen) atoms. The van der Waals surface area contributed by atoms with Crippen molar-refractivity contribution in [1.82, 2.24) is 15.5 Å². The summed E-state index contributed by atoms with van der Waals surface area (Å²) >= 11 is 0. The molecule has 114 valence electrons. The molecule has 3 rings (SSSR count). The highest BCUT2D eigenvalue weighted by Gasteiger charge is 2.31. The fourth-order valence-electron chi connectivity index (χ4n) is 3.54. The Morgan fingerprint density at radius 3 is 2.75 bits per heavy atom. The van der Waals surface area contributed by atoms with E-state index in [-0.39, 0.29) is 23.5 Å². The molecule has 0 spiro atoms. The van der Waals surface area contributed by atoms with E-state index in [1.165, 1.54) is 12.8 Å². The van der Waals surface area contributed by atoms with Gasteiger partial charge in [0.2, 0.25) is 5.91 Å². The zero-order valence-electron chi connectivity index (χ0n) is 11.7. The summed E-state index contributed by atoms with van der Waals surface area (Å²) in [5, 5.41) is 6.45. The number of carbonyl (C=O) groups excluding carboxylic acids is 1. The summed E-state index contributed by atoms with van der Waals surface area (Å²) in [4.78, 5) is 14.2. The van der Waals surface area contributed by atoms with Gasteiger partial charge in [-0.1, -0.05) is 0 Å². The SMILES string of the molecule is O=C(CN1CCC2CCC(C1)N2)NC1CCS(=O)(=O)C1. The van der Waals surface area contributed by atoms with Crippen LogP contribution in [0, 0.1) is 0 Å². The number of hydrogen-bond donors (Lipinski definition) is 2. The number of carbonyl (C=O) groups is 1. The van der Waals surface area contributed by atoms with Crippen molar-refractivity contribution in [2.45, 2.75) is 43.8 Å². The van der Waals surface area contributed by atoms with Crippen molar-refractivity contribution in [3.05, 3.63) is 0 Å². The van der Waals surface area contributed by atoms with Gasteiger partial charge in [-0.3, -0.25) is 9.69 Å². The molecule has 0 radical (unpaired) electrons. The van der Waals surface area contributed by atoms with Crippen LogP contribution in [0.2, 0.25) is 0 Å². The molecule has 3 aliphatic heterocycles. The van der Waals surface area contributed by atoms with Gasteiger partial charge in [0.1, 0.15) is 0 Å². The van der Waals surface area contributed by atoms with Crippen molar-refractivity contribution in [3.63, 3.8) is 0 Å². The Labute approximate surface area is 120 Å². The lowest BCUT2D eigenvalue weighted by Gasteiger charge is -2.24. The molecular formula is C13H23N3O3S. The lowest BCUT2D eigenvalue weighted by atomic mass is 10.1. The van der Waals surface area contributed by atoms with Crippen molar-refractivity contribution in [2.24, 2.45) is 0 Å². The average molecular weight is 301 g/mol. The molecule has 1 amide bonds. The second-order valence-electron chi connectivity index (χ2n) is 6.33. The Bertz CT molecular complexity index is 479. The smallest absolute Gasteiger partial charge is 0.234 e. The predicted molar refractivity (Wildman–Crippen MR) is 76.2 cm³/mol. The van der Waals surface area contributed by atoms with Crippen molar-refractivity contribution >= 4 is 15.7 Å². The first kappa shape index (κ1) is 14.3. The molecular weight excluding hydrogens is 278 g/mol. The second-order valence-corrected chi connectivity index (χ2v) is 8.56. The van der Waals surface area contributed by atoms with Gasteiger partial charge in [0.05, 0.1) is 18.1 Å². The summed E-state index contributed by atoms with van der Waals surface area (Å²) in [6, 6.07) is 0.948. The maximum Gasteiger partial charge on any atom is 0.234 e.